The second-order valence-corrected chi connectivity index (χ2v) is 6.16. The lowest BCUT2D eigenvalue weighted by Gasteiger charge is -2.03. The Bertz CT molecular complexity index is 1050. The van der Waals surface area contributed by atoms with Gasteiger partial charge >= 0.3 is 0 Å². The molecule has 2 heterocycles. The van der Waals surface area contributed by atoms with Crippen LogP contribution in [0.25, 0.3) is 32.1 Å². The second kappa shape index (κ2) is 5.23. The first-order valence-electron chi connectivity index (χ1n) is 6.82. The van der Waals surface area contributed by atoms with E-state index in [0.29, 0.717) is 11.2 Å². The van der Waals surface area contributed by atoms with Gasteiger partial charge in [-0.25, -0.2) is 4.98 Å². The third-order valence-corrected chi connectivity index (χ3v) is 4.81. The van der Waals surface area contributed by atoms with Crippen LogP contribution in [-0.4, -0.2) is 9.97 Å². The number of fused-ring (bicyclic) bond motifs is 2. The van der Waals surface area contributed by atoms with E-state index in [9.17, 15) is 4.79 Å². The highest BCUT2D eigenvalue weighted by atomic mass is 35.5. The predicted octanol–water partition coefficient (Wildman–Crippen LogP) is 4.54. The molecular formula is C17H11ClN2OS. The zero-order valence-electron chi connectivity index (χ0n) is 11.5. The number of hydrogen-bond acceptors (Lipinski definition) is 3. The number of alkyl halides is 1. The van der Waals surface area contributed by atoms with E-state index in [1.54, 1.807) is 0 Å². The smallest absolute Gasteiger partial charge is 0.260 e. The van der Waals surface area contributed by atoms with E-state index in [2.05, 4.69) is 34.2 Å². The van der Waals surface area contributed by atoms with Gasteiger partial charge < -0.3 is 4.98 Å². The molecule has 0 fully saturated rings. The van der Waals surface area contributed by atoms with Gasteiger partial charge in [-0.15, -0.1) is 22.9 Å². The monoisotopic (exact) mass is 326 g/mol. The maximum Gasteiger partial charge on any atom is 0.260 e. The van der Waals surface area contributed by atoms with Gasteiger partial charge in [0.25, 0.3) is 5.56 Å². The molecular weight excluding hydrogens is 316 g/mol. The van der Waals surface area contributed by atoms with Gasteiger partial charge in [0.1, 0.15) is 10.7 Å². The lowest BCUT2D eigenvalue weighted by molar-refractivity contribution is 1.04. The van der Waals surface area contributed by atoms with Crippen LogP contribution in [0.4, 0.5) is 0 Å². The number of aromatic nitrogens is 2. The topological polar surface area (TPSA) is 45.8 Å². The molecule has 0 spiro atoms. The minimum absolute atomic E-state index is 0.134. The number of nitrogens with one attached hydrogen (secondary N) is 1. The molecule has 0 unspecified atom stereocenters. The van der Waals surface area contributed by atoms with Gasteiger partial charge in [-0.05, 0) is 22.4 Å². The number of aromatic amines is 1. The number of thiophene rings is 1. The van der Waals surface area contributed by atoms with Crippen molar-refractivity contribution in [2.45, 2.75) is 5.88 Å². The van der Waals surface area contributed by atoms with E-state index in [-0.39, 0.29) is 11.4 Å². The van der Waals surface area contributed by atoms with Crippen LogP contribution in [0.3, 0.4) is 0 Å². The van der Waals surface area contributed by atoms with Crippen molar-refractivity contribution in [1.29, 1.82) is 0 Å². The van der Waals surface area contributed by atoms with Crippen LogP contribution in [0.15, 0.2) is 52.6 Å². The highest BCUT2D eigenvalue weighted by Gasteiger charge is 2.13. The van der Waals surface area contributed by atoms with Crippen molar-refractivity contribution >= 4 is 43.9 Å². The van der Waals surface area contributed by atoms with Gasteiger partial charge in [0.15, 0.2) is 0 Å². The highest BCUT2D eigenvalue weighted by molar-refractivity contribution is 7.17. The SMILES string of the molecule is O=c1[nH]c(CCl)nc2scc(-c3ccc4ccccc4c3)c12. The van der Waals surface area contributed by atoms with Crippen LogP contribution >= 0.6 is 22.9 Å². The van der Waals surface area contributed by atoms with Crippen molar-refractivity contribution in [1.82, 2.24) is 9.97 Å². The fourth-order valence-electron chi connectivity index (χ4n) is 2.63. The molecule has 0 amide bonds. The number of halogens is 1. The standard InChI is InChI=1S/C17H11ClN2OS/c18-8-14-19-16(21)15-13(9-22-17(15)20-14)12-6-5-10-3-1-2-4-11(10)7-12/h1-7,9H,8H2,(H,19,20,21). The Morgan fingerprint density at radius 1 is 1.14 bits per heavy atom. The van der Waals surface area contributed by atoms with Gasteiger partial charge in [0, 0.05) is 10.9 Å². The molecule has 22 heavy (non-hydrogen) atoms. The molecule has 1 N–H and O–H groups in total. The first-order valence-corrected chi connectivity index (χ1v) is 8.23. The predicted molar refractivity (Wildman–Crippen MR) is 92.7 cm³/mol. The molecule has 3 nitrogen and oxygen atoms in total. The van der Waals surface area contributed by atoms with Gasteiger partial charge in [0.2, 0.25) is 0 Å². The van der Waals surface area contributed by atoms with E-state index >= 15 is 0 Å². The average molecular weight is 327 g/mol. The van der Waals surface area contributed by atoms with Crippen molar-refractivity contribution in [3.8, 4) is 11.1 Å². The maximum atomic E-state index is 12.3. The summed E-state index contributed by atoms with van der Waals surface area (Å²) >= 11 is 7.23. The van der Waals surface area contributed by atoms with E-state index in [1.807, 2.05) is 23.6 Å². The van der Waals surface area contributed by atoms with Crippen LogP contribution in [0.5, 0.6) is 0 Å². The molecule has 0 aliphatic carbocycles. The normalized spacial score (nSPS) is 11.3. The zero-order valence-corrected chi connectivity index (χ0v) is 13.0. The van der Waals surface area contributed by atoms with E-state index < -0.39 is 0 Å². The lowest BCUT2D eigenvalue weighted by atomic mass is 10.0. The molecule has 4 rings (SSSR count). The Balaban J connectivity index is 1.98. The van der Waals surface area contributed by atoms with Crippen molar-refractivity contribution in [2.24, 2.45) is 0 Å². The summed E-state index contributed by atoms with van der Waals surface area (Å²) in [4.78, 5) is 20.2. The van der Waals surface area contributed by atoms with E-state index in [4.69, 9.17) is 11.6 Å². The van der Waals surface area contributed by atoms with Gasteiger partial charge in [-0.1, -0.05) is 36.4 Å². The molecule has 108 valence electrons. The van der Waals surface area contributed by atoms with Crippen LogP contribution in [0.1, 0.15) is 5.82 Å². The van der Waals surface area contributed by atoms with E-state index in [1.165, 1.54) is 16.7 Å². The molecule has 0 aliphatic heterocycles. The molecule has 5 heteroatoms. The third-order valence-electron chi connectivity index (χ3n) is 3.68. The second-order valence-electron chi connectivity index (χ2n) is 5.04. The molecule has 0 saturated carbocycles. The zero-order chi connectivity index (χ0) is 15.1. The fraction of sp³-hybridized carbons (Fsp3) is 0.0588. The van der Waals surface area contributed by atoms with Crippen molar-refractivity contribution < 1.29 is 0 Å². The largest absolute Gasteiger partial charge is 0.309 e. The summed E-state index contributed by atoms with van der Waals surface area (Å²) in [5.41, 5.74) is 1.81. The van der Waals surface area contributed by atoms with Gasteiger partial charge in [0.05, 0.1) is 11.3 Å². The Hall–Kier alpha value is -2.17. The molecule has 0 bridgehead atoms. The van der Waals surface area contributed by atoms with Gasteiger partial charge in [-0.2, -0.15) is 0 Å². The molecule has 4 aromatic rings. The fourth-order valence-corrected chi connectivity index (χ4v) is 3.72. The summed E-state index contributed by atoms with van der Waals surface area (Å²) in [5.74, 6) is 0.708. The number of benzene rings is 2. The summed E-state index contributed by atoms with van der Waals surface area (Å²) < 4.78 is 0. The van der Waals surface area contributed by atoms with Crippen molar-refractivity contribution in [3.05, 3.63) is 64.0 Å². The van der Waals surface area contributed by atoms with Crippen LogP contribution in [0.2, 0.25) is 0 Å². The molecule has 0 atom stereocenters. The third kappa shape index (κ3) is 2.12. The summed E-state index contributed by atoms with van der Waals surface area (Å²) in [6.07, 6.45) is 0. The maximum absolute atomic E-state index is 12.3. The molecule has 0 radical (unpaired) electrons. The summed E-state index contributed by atoms with van der Waals surface area (Å²) in [6.45, 7) is 0. The number of nitrogens with zero attached hydrogens (tertiary/aromatic N) is 1. The van der Waals surface area contributed by atoms with Crippen LogP contribution in [0, 0.1) is 0 Å². The summed E-state index contributed by atoms with van der Waals surface area (Å²) in [5, 5.41) is 4.95. The van der Waals surface area contributed by atoms with Crippen molar-refractivity contribution in [2.75, 3.05) is 0 Å². The highest BCUT2D eigenvalue weighted by Crippen LogP contribution is 2.32. The first kappa shape index (κ1) is 13.5. The Labute approximate surface area is 135 Å². The first-order chi connectivity index (χ1) is 10.8. The Morgan fingerprint density at radius 3 is 2.77 bits per heavy atom. The quantitative estimate of drug-likeness (QED) is 0.549. The number of rotatable bonds is 2. The molecule has 2 aromatic heterocycles. The average Bonchev–Trinajstić information content (AvgIpc) is 2.98. The molecule has 2 aromatic carbocycles. The van der Waals surface area contributed by atoms with E-state index in [0.717, 1.165) is 21.3 Å². The summed E-state index contributed by atoms with van der Waals surface area (Å²) in [7, 11) is 0. The number of H-pyrrole nitrogens is 1. The van der Waals surface area contributed by atoms with Crippen molar-refractivity contribution in [3.63, 3.8) is 0 Å². The van der Waals surface area contributed by atoms with Crippen LogP contribution in [-0.2, 0) is 5.88 Å². The molecule has 0 saturated heterocycles. The number of hydrogen-bond donors (Lipinski definition) is 1. The lowest BCUT2D eigenvalue weighted by Crippen LogP contribution is -2.10. The Morgan fingerprint density at radius 2 is 1.95 bits per heavy atom. The Kier molecular flexibility index (Phi) is 3.21. The van der Waals surface area contributed by atoms with Crippen LogP contribution < -0.4 is 5.56 Å². The van der Waals surface area contributed by atoms with Gasteiger partial charge in [-0.3, -0.25) is 4.79 Å². The minimum atomic E-state index is -0.134. The summed E-state index contributed by atoms with van der Waals surface area (Å²) in [6, 6.07) is 14.4. The molecule has 0 aliphatic rings. The minimum Gasteiger partial charge on any atom is -0.309 e.